The minimum Gasteiger partial charge on any atom is -0.478 e. The molecule has 0 radical (unpaired) electrons. The quantitative estimate of drug-likeness (QED) is 0.897. The molecule has 1 saturated heterocycles. The molecule has 1 amide bonds. The van der Waals surface area contributed by atoms with E-state index in [4.69, 9.17) is 4.42 Å². The van der Waals surface area contributed by atoms with Crippen LogP contribution in [0, 0.1) is 0 Å². The molecule has 1 aliphatic heterocycles. The van der Waals surface area contributed by atoms with Gasteiger partial charge in [-0.25, -0.2) is 4.79 Å². The van der Waals surface area contributed by atoms with Gasteiger partial charge in [-0.15, -0.1) is 0 Å². The zero-order valence-electron chi connectivity index (χ0n) is 14.4. The highest BCUT2D eigenvalue weighted by Crippen LogP contribution is 2.32. The van der Waals surface area contributed by atoms with Crippen molar-refractivity contribution in [2.75, 3.05) is 6.54 Å². The van der Waals surface area contributed by atoms with Crippen LogP contribution in [0.15, 0.2) is 40.8 Å². The van der Waals surface area contributed by atoms with Gasteiger partial charge >= 0.3 is 5.97 Å². The van der Waals surface area contributed by atoms with E-state index in [9.17, 15) is 14.7 Å². The van der Waals surface area contributed by atoms with Gasteiger partial charge in [0, 0.05) is 13.0 Å². The first-order valence-electron chi connectivity index (χ1n) is 8.79. The number of carboxylic acid groups (broad SMARTS) is 1. The molecule has 5 nitrogen and oxygen atoms in total. The summed E-state index contributed by atoms with van der Waals surface area (Å²) in [4.78, 5) is 26.1. The summed E-state index contributed by atoms with van der Waals surface area (Å²) in [5.74, 6) is 0.700. The third-order valence-corrected chi connectivity index (χ3v) is 4.77. The molecule has 2 heterocycles. The number of carboxylic acids is 1. The Hall–Kier alpha value is -2.56. The van der Waals surface area contributed by atoms with Crippen molar-refractivity contribution < 1.29 is 19.1 Å². The van der Waals surface area contributed by atoms with Crippen LogP contribution >= 0.6 is 0 Å². The van der Waals surface area contributed by atoms with Crippen LogP contribution in [0.4, 0.5) is 0 Å². The summed E-state index contributed by atoms with van der Waals surface area (Å²) in [6, 6.07) is 10.6. The van der Waals surface area contributed by atoms with Gasteiger partial charge < -0.3 is 14.4 Å². The summed E-state index contributed by atoms with van der Waals surface area (Å²) in [7, 11) is 0. The molecule has 25 heavy (non-hydrogen) atoms. The van der Waals surface area contributed by atoms with Crippen LogP contribution in [-0.2, 0) is 17.6 Å². The van der Waals surface area contributed by atoms with Crippen LogP contribution in [0.2, 0.25) is 0 Å². The number of benzene rings is 1. The molecular weight excluding hydrogens is 318 g/mol. The minimum absolute atomic E-state index is 0.0483. The van der Waals surface area contributed by atoms with Gasteiger partial charge in [-0.05, 0) is 43.0 Å². The number of carbonyl (C=O) groups is 2. The van der Waals surface area contributed by atoms with Gasteiger partial charge in [0.05, 0.1) is 18.0 Å². The molecule has 0 aliphatic carbocycles. The first-order chi connectivity index (χ1) is 12.1. The molecule has 1 N–H and O–H groups in total. The van der Waals surface area contributed by atoms with Gasteiger partial charge in [0.2, 0.25) is 5.91 Å². The van der Waals surface area contributed by atoms with Crippen LogP contribution in [0.3, 0.4) is 0 Å². The van der Waals surface area contributed by atoms with E-state index in [1.807, 2.05) is 24.0 Å². The number of piperidine rings is 1. The summed E-state index contributed by atoms with van der Waals surface area (Å²) < 4.78 is 5.88. The monoisotopic (exact) mass is 341 g/mol. The summed E-state index contributed by atoms with van der Waals surface area (Å²) in [5, 5.41) is 9.31. The Morgan fingerprint density at radius 3 is 2.72 bits per heavy atom. The largest absolute Gasteiger partial charge is 0.478 e. The zero-order chi connectivity index (χ0) is 17.8. The predicted octanol–water partition coefficient (Wildman–Crippen LogP) is 3.84. The lowest BCUT2D eigenvalue weighted by molar-refractivity contribution is -0.134. The molecule has 0 saturated carbocycles. The second-order valence-electron chi connectivity index (χ2n) is 6.40. The summed E-state index contributed by atoms with van der Waals surface area (Å²) in [5.41, 5.74) is 0.744. The number of carbonyl (C=O) groups excluding carboxylic acids is 1. The first kappa shape index (κ1) is 17.3. The Morgan fingerprint density at radius 2 is 2.00 bits per heavy atom. The molecule has 1 aromatic carbocycles. The van der Waals surface area contributed by atoms with E-state index >= 15 is 0 Å². The van der Waals surface area contributed by atoms with Crippen molar-refractivity contribution >= 4 is 11.9 Å². The van der Waals surface area contributed by atoms with Crippen molar-refractivity contribution in [3.63, 3.8) is 0 Å². The number of hydrogen-bond acceptors (Lipinski definition) is 3. The summed E-state index contributed by atoms with van der Waals surface area (Å²) >= 11 is 0. The van der Waals surface area contributed by atoms with Crippen LogP contribution in [0.5, 0.6) is 0 Å². The smallest absolute Gasteiger partial charge is 0.335 e. The fraction of sp³-hybridized carbons (Fsp3) is 0.400. The average molecular weight is 341 g/mol. The zero-order valence-corrected chi connectivity index (χ0v) is 14.4. The lowest BCUT2D eigenvalue weighted by Gasteiger charge is -2.34. The van der Waals surface area contributed by atoms with Crippen molar-refractivity contribution in [1.29, 1.82) is 0 Å². The third-order valence-electron chi connectivity index (χ3n) is 4.77. The topological polar surface area (TPSA) is 70.8 Å². The van der Waals surface area contributed by atoms with Crippen molar-refractivity contribution in [3.8, 4) is 0 Å². The lowest BCUT2D eigenvalue weighted by atomic mass is 9.98. The van der Waals surface area contributed by atoms with E-state index in [1.54, 1.807) is 24.3 Å². The van der Waals surface area contributed by atoms with E-state index < -0.39 is 5.97 Å². The summed E-state index contributed by atoms with van der Waals surface area (Å²) in [6.07, 6.45) is 3.82. The van der Waals surface area contributed by atoms with Crippen molar-refractivity contribution in [1.82, 2.24) is 4.90 Å². The number of aromatic carboxylic acids is 1. The molecular formula is C20H23NO4. The van der Waals surface area contributed by atoms with Crippen molar-refractivity contribution in [2.45, 2.75) is 45.1 Å². The lowest BCUT2D eigenvalue weighted by Crippen LogP contribution is -2.39. The van der Waals surface area contributed by atoms with Crippen LogP contribution < -0.4 is 0 Å². The maximum Gasteiger partial charge on any atom is 0.335 e. The number of nitrogens with zero attached hydrogens (tertiary/aromatic N) is 1. The van der Waals surface area contributed by atoms with Gasteiger partial charge in [-0.1, -0.05) is 25.1 Å². The number of likely N-dealkylation sites (tertiary alicyclic amines) is 1. The van der Waals surface area contributed by atoms with Crippen LogP contribution in [0.25, 0.3) is 0 Å². The Kier molecular flexibility index (Phi) is 5.22. The highest BCUT2D eigenvalue weighted by Gasteiger charge is 2.30. The maximum atomic E-state index is 12.9. The SMILES string of the molecule is CCc1ccc(C2CCCCN2C(=O)Cc2ccccc2C(=O)O)o1. The summed E-state index contributed by atoms with van der Waals surface area (Å²) in [6.45, 7) is 2.72. The molecule has 0 spiro atoms. The molecule has 1 unspecified atom stereocenters. The van der Waals surface area contributed by atoms with Gasteiger partial charge in [0.25, 0.3) is 0 Å². The van der Waals surface area contributed by atoms with E-state index in [0.29, 0.717) is 12.1 Å². The molecule has 1 aliphatic rings. The highest BCUT2D eigenvalue weighted by molar-refractivity contribution is 5.91. The van der Waals surface area contributed by atoms with Crippen molar-refractivity contribution in [2.24, 2.45) is 0 Å². The molecule has 132 valence electrons. The standard InChI is InChI=1S/C20H23NO4/c1-2-15-10-11-18(25-15)17-9-5-6-12-21(17)19(22)13-14-7-3-4-8-16(14)20(23)24/h3-4,7-8,10-11,17H,2,5-6,9,12-13H2,1H3,(H,23,24). The number of aryl methyl sites for hydroxylation is 1. The fourth-order valence-corrected chi connectivity index (χ4v) is 3.44. The second-order valence-corrected chi connectivity index (χ2v) is 6.40. The van der Waals surface area contributed by atoms with E-state index in [-0.39, 0.29) is 23.9 Å². The Morgan fingerprint density at radius 1 is 1.20 bits per heavy atom. The predicted molar refractivity (Wildman–Crippen MR) is 93.5 cm³/mol. The fourth-order valence-electron chi connectivity index (χ4n) is 3.44. The van der Waals surface area contributed by atoms with Crippen LogP contribution in [-0.4, -0.2) is 28.4 Å². The Labute approximate surface area is 147 Å². The molecule has 3 rings (SSSR count). The average Bonchev–Trinajstić information content (AvgIpc) is 3.11. The van der Waals surface area contributed by atoms with Gasteiger partial charge in [0.15, 0.2) is 0 Å². The van der Waals surface area contributed by atoms with Gasteiger partial charge in [0.1, 0.15) is 11.5 Å². The molecule has 1 atom stereocenters. The van der Waals surface area contributed by atoms with E-state index in [2.05, 4.69) is 0 Å². The third kappa shape index (κ3) is 3.76. The first-order valence-corrected chi connectivity index (χ1v) is 8.79. The number of rotatable bonds is 5. The van der Waals surface area contributed by atoms with Crippen molar-refractivity contribution in [3.05, 3.63) is 59.0 Å². The molecule has 5 heteroatoms. The van der Waals surface area contributed by atoms with Gasteiger partial charge in [-0.3, -0.25) is 4.79 Å². The molecule has 2 aromatic rings. The molecule has 1 aromatic heterocycles. The van der Waals surface area contributed by atoms with E-state index in [0.717, 1.165) is 37.2 Å². The van der Waals surface area contributed by atoms with Gasteiger partial charge in [-0.2, -0.15) is 0 Å². The highest BCUT2D eigenvalue weighted by atomic mass is 16.4. The minimum atomic E-state index is -1.00. The number of hydrogen-bond donors (Lipinski definition) is 1. The maximum absolute atomic E-state index is 12.9. The number of furan rings is 1. The van der Waals surface area contributed by atoms with E-state index in [1.165, 1.54) is 0 Å². The Bertz CT molecular complexity index is 765. The Balaban J connectivity index is 1.81. The molecule has 1 fully saturated rings. The normalized spacial score (nSPS) is 17.5. The second kappa shape index (κ2) is 7.55. The number of amides is 1. The molecule has 0 bridgehead atoms. The van der Waals surface area contributed by atoms with Crippen LogP contribution in [0.1, 0.15) is 59.7 Å².